The molecule has 0 radical (unpaired) electrons. The normalized spacial score (nSPS) is 12.1. The average molecular weight is 771 g/mol. The van der Waals surface area contributed by atoms with Crippen molar-refractivity contribution in [1.82, 2.24) is 19.9 Å². The van der Waals surface area contributed by atoms with Crippen LogP contribution in [0.4, 0.5) is 0 Å². The smallest absolute Gasteiger partial charge is 0.203 e. The first-order chi connectivity index (χ1) is 28.1. The van der Waals surface area contributed by atoms with Crippen molar-refractivity contribution in [2.75, 3.05) is 19.8 Å². The summed E-state index contributed by atoms with van der Waals surface area (Å²) >= 11 is 0. The van der Waals surface area contributed by atoms with Crippen LogP contribution in [0.2, 0.25) is 0 Å². The third kappa shape index (κ3) is 13.1. The number of benzene rings is 1. The SMILES string of the molecule is CCCCCCCCOc1cc(-c2cc3cc4ccc(cc5nc(cc6nc(cc2[nH]3)C=C6)C=C5)[nH]4)cc(OCCCCCCCC)c1OCCCCCCCC. The summed E-state index contributed by atoms with van der Waals surface area (Å²) in [6, 6.07) is 19.1. The van der Waals surface area contributed by atoms with E-state index in [0.717, 1.165) is 92.5 Å². The summed E-state index contributed by atoms with van der Waals surface area (Å²) in [7, 11) is 0. The molecule has 304 valence electrons. The summed E-state index contributed by atoms with van der Waals surface area (Å²) < 4.78 is 20.0. The molecule has 2 aliphatic heterocycles. The molecule has 8 bridgehead atoms. The number of hydrogen-bond acceptors (Lipinski definition) is 5. The Morgan fingerprint density at radius 1 is 0.421 bits per heavy atom. The summed E-state index contributed by atoms with van der Waals surface area (Å²) in [4.78, 5) is 17.0. The number of rotatable bonds is 25. The lowest BCUT2D eigenvalue weighted by molar-refractivity contribution is 0.234. The fourth-order valence-electron chi connectivity index (χ4n) is 7.53. The van der Waals surface area contributed by atoms with Crippen LogP contribution >= 0.6 is 0 Å². The number of unbranched alkanes of at least 4 members (excludes halogenated alkanes) is 15. The Labute approximate surface area is 341 Å². The van der Waals surface area contributed by atoms with Gasteiger partial charge in [0.15, 0.2) is 11.5 Å². The second kappa shape index (κ2) is 22.8. The van der Waals surface area contributed by atoms with Crippen LogP contribution in [0, 0.1) is 0 Å². The Hall–Kier alpha value is -4.78. The monoisotopic (exact) mass is 771 g/mol. The predicted octanol–water partition coefficient (Wildman–Crippen LogP) is 14.5. The molecule has 1 aromatic carbocycles. The number of nitrogens with one attached hydrogen (secondary N) is 2. The van der Waals surface area contributed by atoms with Crippen molar-refractivity contribution >= 4 is 46.4 Å². The zero-order valence-corrected chi connectivity index (χ0v) is 35.0. The van der Waals surface area contributed by atoms with Crippen LogP contribution in [0.15, 0.2) is 54.6 Å². The molecule has 7 heteroatoms. The Morgan fingerprint density at radius 3 is 1.42 bits per heavy atom. The van der Waals surface area contributed by atoms with Gasteiger partial charge in [-0.3, -0.25) is 0 Å². The maximum atomic E-state index is 6.69. The molecule has 2 aliphatic rings. The second-order valence-corrected chi connectivity index (χ2v) is 15.7. The molecular weight excluding hydrogens is 705 g/mol. The molecule has 3 aromatic heterocycles. The minimum Gasteiger partial charge on any atom is -0.490 e. The van der Waals surface area contributed by atoms with E-state index in [9.17, 15) is 0 Å². The third-order valence-electron chi connectivity index (χ3n) is 10.8. The number of fused-ring (bicyclic) bond motifs is 8. The van der Waals surface area contributed by atoms with Crippen molar-refractivity contribution < 1.29 is 14.2 Å². The zero-order valence-electron chi connectivity index (χ0n) is 35.0. The fraction of sp³-hybridized carbons (Fsp3) is 0.480. The van der Waals surface area contributed by atoms with Gasteiger partial charge in [-0.1, -0.05) is 117 Å². The molecule has 0 saturated heterocycles. The molecule has 0 saturated carbocycles. The Bertz CT molecular complexity index is 2030. The van der Waals surface area contributed by atoms with Crippen LogP contribution in [-0.4, -0.2) is 39.8 Å². The van der Waals surface area contributed by atoms with Crippen molar-refractivity contribution in [2.24, 2.45) is 0 Å². The van der Waals surface area contributed by atoms with E-state index in [4.69, 9.17) is 24.2 Å². The Morgan fingerprint density at radius 2 is 0.877 bits per heavy atom. The van der Waals surface area contributed by atoms with E-state index >= 15 is 0 Å². The first-order valence-corrected chi connectivity index (χ1v) is 22.3. The van der Waals surface area contributed by atoms with Gasteiger partial charge >= 0.3 is 0 Å². The van der Waals surface area contributed by atoms with E-state index < -0.39 is 0 Å². The van der Waals surface area contributed by atoms with Crippen LogP contribution in [-0.2, 0) is 0 Å². The lowest BCUT2D eigenvalue weighted by Gasteiger charge is -2.19. The highest BCUT2D eigenvalue weighted by Gasteiger charge is 2.19. The van der Waals surface area contributed by atoms with E-state index in [1.165, 1.54) is 96.3 Å². The van der Waals surface area contributed by atoms with Gasteiger partial charge in [0, 0.05) is 27.6 Å². The maximum absolute atomic E-state index is 6.69. The molecule has 0 atom stereocenters. The molecule has 0 aliphatic carbocycles. The highest BCUT2D eigenvalue weighted by Crippen LogP contribution is 2.43. The molecule has 6 rings (SSSR count). The minimum absolute atomic E-state index is 0.646. The molecule has 0 unspecified atom stereocenters. The van der Waals surface area contributed by atoms with Gasteiger partial charge in [0.1, 0.15) is 0 Å². The lowest BCUT2D eigenvalue weighted by atomic mass is 10.0. The van der Waals surface area contributed by atoms with Gasteiger partial charge in [-0.05, 0) is 104 Å². The molecular formula is C50H66N4O3. The molecule has 2 N–H and O–H groups in total. The van der Waals surface area contributed by atoms with E-state index in [1.54, 1.807) is 0 Å². The van der Waals surface area contributed by atoms with E-state index in [0.29, 0.717) is 19.8 Å². The van der Waals surface area contributed by atoms with E-state index in [2.05, 4.69) is 85.3 Å². The number of aromatic nitrogens is 4. The van der Waals surface area contributed by atoms with Crippen LogP contribution in [0.5, 0.6) is 17.2 Å². The van der Waals surface area contributed by atoms with Gasteiger partial charge in [0.25, 0.3) is 0 Å². The Kier molecular flexibility index (Phi) is 16.8. The highest BCUT2D eigenvalue weighted by atomic mass is 16.5. The molecule has 0 amide bonds. The molecule has 4 aromatic rings. The van der Waals surface area contributed by atoms with Crippen molar-refractivity contribution in [2.45, 2.75) is 136 Å². The predicted molar refractivity (Wildman–Crippen MR) is 241 cm³/mol. The van der Waals surface area contributed by atoms with E-state index in [1.807, 2.05) is 24.3 Å². The fourth-order valence-corrected chi connectivity index (χ4v) is 7.53. The van der Waals surface area contributed by atoms with Crippen molar-refractivity contribution in [3.05, 3.63) is 77.4 Å². The van der Waals surface area contributed by atoms with E-state index in [-0.39, 0.29) is 0 Å². The standard InChI is InChI=1S/C50H66N4O3/c1-4-7-10-13-16-19-28-55-48-31-38(32-49(56-29-20-17-14-11-8-5-2)50(48)57-30-21-18-15-12-9-6-3)46-36-45-35-43-25-24-41(52-43)33-39-22-23-40(51-39)34-42-26-27-44(53-42)37-47(46)54-45/h22-27,31-37,52,54H,4-21,28-30H2,1-3H3. The number of nitrogens with zero attached hydrogens (tertiary/aromatic N) is 2. The summed E-state index contributed by atoms with van der Waals surface area (Å²) in [6.07, 6.45) is 30.0. The highest BCUT2D eigenvalue weighted by molar-refractivity contribution is 5.89. The molecule has 5 heterocycles. The Balaban J connectivity index is 1.38. The number of aromatic amines is 2. The van der Waals surface area contributed by atoms with Crippen LogP contribution in [0.1, 0.15) is 159 Å². The summed E-state index contributed by atoms with van der Waals surface area (Å²) in [5, 5.41) is 0. The van der Waals surface area contributed by atoms with Gasteiger partial charge < -0.3 is 24.2 Å². The maximum Gasteiger partial charge on any atom is 0.203 e. The third-order valence-corrected chi connectivity index (χ3v) is 10.8. The number of ether oxygens (including phenoxy) is 3. The largest absolute Gasteiger partial charge is 0.490 e. The van der Waals surface area contributed by atoms with Crippen molar-refractivity contribution in [3.8, 4) is 28.4 Å². The van der Waals surface area contributed by atoms with Gasteiger partial charge in [0.2, 0.25) is 5.75 Å². The molecule has 0 fully saturated rings. The van der Waals surface area contributed by atoms with Crippen LogP contribution in [0.25, 0.3) is 57.5 Å². The van der Waals surface area contributed by atoms with Gasteiger partial charge in [0.05, 0.1) is 42.6 Å². The molecule has 7 nitrogen and oxygen atoms in total. The molecule has 57 heavy (non-hydrogen) atoms. The van der Waals surface area contributed by atoms with Crippen molar-refractivity contribution in [3.63, 3.8) is 0 Å². The number of hydrogen-bond donors (Lipinski definition) is 2. The quantitative estimate of drug-likeness (QED) is 0.0566. The van der Waals surface area contributed by atoms with Gasteiger partial charge in [-0.2, -0.15) is 0 Å². The minimum atomic E-state index is 0.646. The van der Waals surface area contributed by atoms with Crippen LogP contribution in [0.3, 0.4) is 0 Å². The summed E-state index contributed by atoms with van der Waals surface area (Å²) in [5.74, 6) is 2.26. The van der Waals surface area contributed by atoms with Gasteiger partial charge in [-0.25, -0.2) is 9.97 Å². The summed E-state index contributed by atoms with van der Waals surface area (Å²) in [5.41, 5.74) is 9.58. The number of H-pyrrole nitrogens is 2. The summed E-state index contributed by atoms with van der Waals surface area (Å²) in [6.45, 7) is 8.73. The van der Waals surface area contributed by atoms with Crippen molar-refractivity contribution in [1.29, 1.82) is 0 Å². The average Bonchev–Trinajstić information content (AvgIpc) is 4.03. The molecule has 0 spiro atoms. The van der Waals surface area contributed by atoms with Gasteiger partial charge in [-0.15, -0.1) is 0 Å². The zero-order chi connectivity index (χ0) is 39.5. The lowest BCUT2D eigenvalue weighted by Crippen LogP contribution is -2.06. The topological polar surface area (TPSA) is 85.1 Å². The first-order valence-electron chi connectivity index (χ1n) is 22.3. The second-order valence-electron chi connectivity index (χ2n) is 15.7. The first kappa shape index (κ1) is 41.8. The van der Waals surface area contributed by atoms with Crippen LogP contribution < -0.4 is 14.2 Å².